The van der Waals surface area contributed by atoms with Crippen molar-refractivity contribution in [1.29, 1.82) is 0 Å². The molecule has 0 aliphatic carbocycles. The Bertz CT molecular complexity index is 775. The quantitative estimate of drug-likeness (QED) is 0.724. The van der Waals surface area contributed by atoms with Crippen LogP contribution in [0.5, 0.6) is 0 Å². The summed E-state index contributed by atoms with van der Waals surface area (Å²) < 4.78 is 0. The van der Waals surface area contributed by atoms with E-state index >= 15 is 0 Å². The molecule has 2 aromatic carbocycles. The van der Waals surface area contributed by atoms with Crippen molar-refractivity contribution >= 4 is 17.5 Å². The zero-order chi connectivity index (χ0) is 19.3. The molecule has 5 nitrogen and oxygen atoms in total. The summed E-state index contributed by atoms with van der Waals surface area (Å²) >= 11 is 5.96. The van der Waals surface area contributed by atoms with Gasteiger partial charge in [-0.05, 0) is 42.5 Å². The maximum absolute atomic E-state index is 12.7. The number of likely N-dealkylation sites (tertiary alicyclic amines) is 1. The molecular formula is C22H27ClN4O. The number of hydrogen-bond donors (Lipinski definition) is 3. The molecule has 4 rings (SSSR count). The van der Waals surface area contributed by atoms with Gasteiger partial charge in [0.25, 0.3) is 0 Å². The number of amides is 1. The third-order valence-corrected chi connectivity index (χ3v) is 5.93. The lowest BCUT2D eigenvalue weighted by atomic mass is 10.0. The van der Waals surface area contributed by atoms with Crippen molar-refractivity contribution < 1.29 is 4.79 Å². The largest absolute Gasteiger partial charge is 0.352 e. The van der Waals surface area contributed by atoms with E-state index in [1.165, 1.54) is 11.1 Å². The molecule has 1 amide bonds. The summed E-state index contributed by atoms with van der Waals surface area (Å²) in [5, 5.41) is 4.01. The van der Waals surface area contributed by atoms with E-state index in [0.29, 0.717) is 0 Å². The van der Waals surface area contributed by atoms with Crippen molar-refractivity contribution in [3.8, 4) is 0 Å². The lowest BCUT2D eigenvalue weighted by molar-refractivity contribution is -0.123. The average molecular weight is 399 g/mol. The van der Waals surface area contributed by atoms with E-state index in [-0.39, 0.29) is 24.0 Å². The maximum Gasteiger partial charge on any atom is 0.238 e. The summed E-state index contributed by atoms with van der Waals surface area (Å²) in [7, 11) is 0. The normalized spacial score (nSPS) is 23.6. The summed E-state index contributed by atoms with van der Waals surface area (Å²) in [6.45, 7) is 2.93. The Balaban J connectivity index is 1.21. The third-order valence-electron chi connectivity index (χ3n) is 5.68. The van der Waals surface area contributed by atoms with Crippen LogP contribution in [0.2, 0.25) is 5.02 Å². The third kappa shape index (κ3) is 4.92. The van der Waals surface area contributed by atoms with Crippen LogP contribution in [-0.2, 0) is 11.3 Å². The molecule has 0 saturated carbocycles. The van der Waals surface area contributed by atoms with Crippen LogP contribution < -0.4 is 16.2 Å². The van der Waals surface area contributed by atoms with E-state index in [4.69, 9.17) is 11.6 Å². The lowest BCUT2D eigenvalue weighted by Crippen LogP contribution is -2.50. The zero-order valence-electron chi connectivity index (χ0n) is 15.9. The molecule has 2 aliphatic rings. The van der Waals surface area contributed by atoms with Gasteiger partial charge in [0.1, 0.15) is 6.04 Å². The average Bonchev–Trinajstić information content (AvgIpc) is 3.22. The van der Waals surface area contributed by atoms with Crippen LogP contribution in [0.25, 0.3) is 0 Å². The summed E-state index contributed by atoms with van der Waals surface area (Å²) in [5.41, 5.74) is 8.90. The SMILES string of the molecule is O=C(NC1CCN(Cc2ccc(Cl)cc2)CC1)C1CC(c2ccccc2)NN1. The second kappa shape index (κ2) is 9.05. The molecule has 6 heteroatoms. The van der Waals surface area contributed by atoms with Crippen molar-refractivity contribution in [2.24, 2.45) is 0 Å². The molecule has 2 atom stereocenters. The Labute approximate surface area is 171 Å². The van der Waals surface area contributed by atoms with Crippen LogP contribution in [0.4, 0.5) is 0 Å². The van der Waals surface area contributed by atoms with Gasteiger partial charge in [0.2, 0.25) is 5.91 Å². The molecule has 0 spiro atoms. The number of hydrogen-bond acceptors (Lipinski definition) is 4. The summed E-state index contributed by atoms with van der Waals surface area (Å²) in [4.78, 5) is 15.1. The minimum atomic E-state index is -0.183. The van der Waals surface area contributed by atoms with E-state index < -0.39 is 0 Å². The second-order valence-electron chi connectivity index (χ2n) is 7.73. The highest BCUT2D eigenvalue weighted by molar-refractivity contribution is 6.30. The Morgan fingerprint density at radius 2 is 1.75 bits per heavy atom. The van der Waals surface area contributed by atoms with Crippen LogP contribution >= 0.6 is 11.6 Å². The Morgan fingerprint density at radius 3 is 2.46 bits per heavy atom. The standard InChI is InChI=1S/C22H27ClN4O/c23-18-8-6-16(7-9-18)15-27-12-10-19(11-13-27)24-22(28)21-14-20(25-26-21)17-4-2-1-3-5-17/h1-9,19-21,25-26H,10-15H2,(H,24,28). The van der Waals surface area contributed by atoms with Gasteiger partial charge in [-0.1, -0.05) is 54.1 Å². The first-order valence-electron chi connectivity index (χ1n) is 10.0. The topological polar surface area (TPSA) is 56.4 Å². The lowest BCUT2D eigenvalue weighted by Gasteiger charge is -2.32. The number of benzene rings is 2. The van der Waals surface area contributed by atoms with Crippen LogP contribution in [0, 0.1) is 0 Å². The van der Waals surface area contributed by atoms with E-state index in [1.807, 2.05) is 30.3 Å². The highest BCUT2D eigenvalue weighted by Gasteiger charge is 2.31. The van der Waals surface area contributed by atoms with E-state index in [0.717, 1.165) is 43.9 Å². The summed E-state index contributed by atoms with van der Waals surface area (Å²) in [6, 6.07) is 18.6. The first-order valence-corrected chi connectivity index (χ1v) is 10.4. The van der Waals surface area contributed by atoms with Crippen molar-refractivity contribution in [2.75, 3.05) is 13.1 Å². The molecule has 2 aliphatic heterocycles. The maximum atomic E-state index is 12.7. The Kier molecular flexibility index (Phi) is 6.27. The number of halogens is 1. The highest BCUT2D eigenvalue weighted by atomic mass is 35.5. The predicted molar refractivity (Wildman–Crippen MR) is 112 cm³/mol. The summed E-state index contributed by atoms with van der Waals surface area (Å²) in [6.07, 6.45) is 2.74. The van der Waals surface area contributed by atoms with Crippen LogP contribution in [-0.4, -0.2) is 36.0 Å². The number of piperidine rings is 1. The highest BCUT2D eigenvalue weighted by Crippen LogP contribution is 2.22. The van der Waals surface area contributed by atoms with Gasteiger partial charge in [-0.15, -0.1) is 0 Å². The Morgan fingerprint density at radius 1 is 1.04 bits per heavy atom. The molecule has 2 fully saturated rings. The number of rotatable bonds is 5. The minimum Gasteiger partial charge on any atom is -0.352 e. The molecule has 2 heterocycles. The fraction of sp³-hybridized carbons (Fsp3) is 0.409. The number of nitrogens with one attached hydrogen (secondary N) is 3. The fourth-order valence-corrected chi connectivity index (χ4v) is 4.14. The molecule has 2 unspecified atom stereocenters. The number of nitrogens with zero attached hydrogens (tertiary/aromatic N) is 1. The molecule has 2 aromatic rings. The van der Waals surface area contributed by atoms with Gasteiger partial charge in [0.15, 0.2) is 0 Å². The molecule has 2 saturated heterocycles. The molecule has 148 valence electrons. The van der Waals surface area contributed by atoms with Crippen molar-refractivity contribution in [2.45, 2.75) is 43.9 Å². The van der Waals surface area contributed by atoms with Crippen LogP contribution in [0.15, 0.2) is 54.6 Å². The molecule has 3 N–H and O–H groups in total. The van der Waals surface area contributed by atoms with E-state index in [2.05, 4.69) is 45.3 Å². The fourth-order valence-electron chi connectivity index (χ4n) is 4.02. The zero-order valence-corrected chi connectivity index (χ0v) is 16.7. The smallest absolute Gasteiger partial charge is 0.238 e. The van der Waals surface area contributed by atoms with Gasteiger partial charge in [-0.2, -0.15) is 0 Å². The monoisotopic (exact) mass is 398 g/mol. The van der Waals surface area contributed by atoms with Gasteiger partial charge >= 0.3 is 0 Å². The van der Waals surface area contributed by atoms with E-state index in [9.17, 15) is 4.79 Å². The summed E-state index contributed by atoms with van der Waals surface area (Å²) in [5.74, 6) is 0.0992. The molecule has 28 heavy (non-hydrogen) atoms. The van der Waals surface area contributed by atoms with Crippen molar-refractivity contribution in [1.82, 2.24) is 21.1 Å². The van der Waals surface area contributed by atoms with Gasteiger partial charge in [0.05, 0.1) is 0 Å². The first-order chi connectivity index (χ1) is 13.7. The van der Waals surface area contributed by atoms with Gasteiger partial charge < -0.3 is 5.32 Å². The Hall–Kier alpha value is -1.92. The first kappa shape index (κ1) is 19.4. The number of carbonyl (C=O) groups excluding carboxylic acids is 1. The second-order valence-corrected chi connectivity index (χ2v) is 8.16. The number of carbonyl (C=O) groups is 1. The van der Waals surface area contributed by atoms with Crippen molar-refractivity contribution in [3.05, 3.63) is 70.7 Å². The molecule has 0 bridgehead atoms. The predicted octanol–water partition coefficient (Wildman–Crippen LogP) is 3.03. The van der Waals surface area contributed by atoms with Crippen LogP contribution in [0.1, 0.15) is 36.4 Å². The molecular weight excluding hydrogens is 372 g/mol. The molecule has 0 radical (unpaired) electrons. The van der Waals surface area contributed by atoms with Gasteiger partial charge in [-0.3, -0.25) is 9.69 Å². The molecule has 0 aromatic heterocycles. The van der Waals surface area contributed by atoms with E-state index in [1.54, 1.807) is 0 Å². The van der Waals surface area contributed by atoms with Gasteiger partial charge in [0, 0.05) is 36.7 Å². The number of hydrazine groups is 1. The van der Waals surface area contributed by atoms with Crippen molar-refractivity contribution in [3.63, 3.8) is 0 Å². The van der Waals surface area contributed by atoms with Crippen LogP contribution in [0.3, 0.4) is 0 Å². The minimum absolute atomic E-state index is 0.0992. The van der Waals surface area contributed by atoms with Gasteiger partial charge in [-0.25, -0.2) is 10.9 Å².